The number of nitrogens with two attached hydrogens (primary N) is 1. The summed E-state index contributed by atoms with van der Waals surface area (Å²) < 4.78 is 64.4. The predicted molar refractivity (Wildman–Crippen MR) is 52.8 cm³/mol. The van der Waals surface area contributed by atoms with Crippen LogP contribution >= 0.6 is 11.8 Å². The van der Waals surface area contributed by atoms with Crippen molar-refractivity contribution in [1.82, 2.24) is 0 Å². The number of nitrogen functional groups attached to an aromatic ring is 1. The van der Waals surface area contributed by atoms with Crippen molar-refractivity contribution in [3.8, 4) is 5.75 Å². The Balaban J connectivity index is 3.02. The third-order valence-corrected chi connectivity index (χ3v) is 2.34. The molecule has 0 heterocycles. The van der Waals surface area contributed by atoms with Crippen LogP contribution in [0.5, 0.6) is 5.75 Å². The second-order valence-corrected chi connectivity index (χ2v) is 3.84. The Bertz CT molecular complexity index is 385. The smallest absolute Gasteiger partial charge is 0.434 e. The van der Waals surface area contributed by atoms with E-state index in [0.717, 1.165) is 12.1 Å². The van der Waals surface area contributed by atoms with Gasteiger partial charge in [-0.05, 0) is 23.9 Å². The number of hydrazine groups is 1. The number of hydrogen-bond donors (Lipinski definition) is 2. The summed E-state index contributed by atoms with van der Waals surface area (Å²) in [6.45, 7) is -3.21. The zero-order valence-corrected chi connectivity index (χ0v) is 8.91. The molecule has 96 valence electrons. The molecule has 0 saturated heterocycles. The molecule has 9 heteroatoms. The van der Waals surface area contributed by atoms with Gasteiger partial charge in [0, 0.05) is 6.07 Å². The zero-order chi connectivity index (χ0) is 13.1. The lowest BCUT2D eigenvalue weighted by Crippen LogP contribution is -2.09. The van der Waals surface area contributed by atoms with E-state index in [9.17, 15) is 22.0 Å². The van der Waals surface area contributed by atoms with Crippen molar-refractivity contribution in [1.29, 1.82) is 0 Å². The van der Waals surface area contributed by atoms with E-state index < -0.39 is 34.5 Å². The van der Waals surface area contributed by atoms with Gasteiger partial charge in [0.05, 0.1) is 10.6 Å². The molecule has 0 fully saturated rings. The lowest BCUT2D eigenvalue weighted by atomic mass is 10.3. The first-order valence-electron chi connectivity index (χ1n) is 4.13. The fourth-order valence-electron chi connectivity index (χ4n) is 0.995. The fraction of sp³-hybridized carbons (Fsp3) is 0.250. The van der Waals surface area contributed by atoms with Crippen molar-refractivity contribution >= 4 is 17.4 Å². The third-order valence-electron chi connectivity index (χ3n) is 1.55. The average Bonchev–Trinajstić information content (AvgIpc) is 2.17. The summed E-state index contributed by atoms with van der Waals surface area (Å²) in [5.41, 5.74) is -2.31. The molecule has 0 saturated carbocycles. The normalized spacial score (nSPS) is 11.7. The van der Waals surface area contributed by atoms with Crippen LogP contribution in [0.4, 0.5) is 27.6 Å². The van der Waals surface area contributed by atoms with E-state index in [-0.39, 0.29) is 5.69 Å². The molecular weight excluding hydrogens is 267 g/mol. The summed E-state index contributed by atoms with van der Waals surface area (Å²) in [5.74, 6) is 4.42. The Morgan fingerprint density at radius 1 is 1.29 bits per heavy atom. The van der Waals surface area contributed by atoms with Crippen LogP contribution in [0.2, 0.25) is 0 Å². The molecule has 1 aromatic rings. The standard InChI is InChI=1S/C8H7F5N2OS/c9-7(10)16-5-3-4(15-14)1-2-6(5)17-8(11,12)13/h1-3,7,15H,14H2. The molecule has 0 spiro atoms. The first kappa shape index (κ1) is 13.8. The van der Waals surface area contributed by atoms with Gasteiger partial charge >= 0.3 is 12.1 Å². The first-order valence-corrected chi connectivity index (χ1v) is 4.94. The number of thioether (sulfide) groups is 1. The average molecular weight is 274 g/mol. The Kier molecular flexibility index (Phi) is 4.40. The number of nitrogens with one attached hydrogen (secondary N) is 1. The highest BCUT2D eigenvalue weighted by Crippen LogP contribution is 2.42. The second-order valence-electron chi connectivity index (χ2n) is 2.73. The minimum Gasteiger partial charge on any atom is -0.434 e. The van der Waals surface area contributed by atoms with Gasteiger partial charge in [-0.3, -0.25) is 5.84 Å². The molecular formula is C8H7F5N2OS. The first-order chi connectivity index (χ1) is 7.81. The minimum absolute atomic E-state index is 0.159. The third kappa shape index (κ3) is 4.65. The summed E-state index contributed by atoms with van der Waals surface area (Å²) in [7, 11) is 0. The van der Waals surface area contributed by atoms with E-state index in [1.165, 1.54) is 6.07 Å². The Morgan fingerprint density at radius 3 is 2.41 bits per heavy atom. The van der Waals surface area contributed by atoms with E-state index in [1.54, 1.807) is 0 Å². The quantitative estimate of drug-likeness (QED) is 0.383. The minimum atomic E-state index is -4.59. The van der Waals surface area contributed by atoms with Gasteiger partial charge < -0.3 is 10.2 Å². The van der Waals surface area contributed by atoms with E-state index in [1.807, 2.05) is 0 Å². The van der Waals surface area contributed by atoms with Crippen LogP contribution in [0.15, 0.2) is 23.1 Å². The van der Waals surface area contributed by atoms with Gasteiger partial charge in [-0.25, -0.2) is 0 Å². The van der Waals surface area contributed by atoms with Crippen LogP contribution in [-0.2, 0) is 0 Å². The molecule has 17 heavy (non-hydrogen) atoms. The van der Waals surface area contributed by atoms with E-state index in [0.29, 0.717) is 0 Å². The zero-order valence-electron chi connectivity index (χ0n) is 8.09. The summed E-state index contributed by atoms with van der Waals surface area (Å²) in [4.78, 5) is -0.461. The number of hydrogen-bond acceptors (Lipinski definition) is 4. The van der Waals surface area contributed by atoms with Gasteiger partial charge in [-0.1, -0.05) is 0 Å². The van der Waals surface area contributed by atoms with Gasteiger partial charge in [0.2, 0.25) is 0 Å². The van der Waals surface area contributed by atoms with Crippen molar-refractivity contribution in [2.45, 2.75) is 17.0 Å². The monoisotopic (exact) mass is 274 g/mol. The molecule has 3 nitrogen and oxygen atoms in total. The number of anilines is 1. The number of alkyl halides is 5. The molecule has 3 N–H and O–H groups in total. The lowest BCUT2D eigenvalue weighted by Gasteiger charge is -2.13. The van der Waals surface area contributed by atoms with Crippen LogP contribution in [0.1, 0.15) is 0 Å². The molecule has 0 atom stereocenters. The lowest BCUT2D eigenvalue weighted by molar-refractivity contribution is -0.0527. The largest absolute Gasteiger partial charge is 0.446 e. The molecule has 1 aromatic carbocycles. The molecule has 1 rings (SSSR count). The van der Waals surface area contributed by atoms with Crippen molar-refractivity contribution in [3.63, 3.8) is 0 Å². The summed E-state index contributed by atoms with van der Waals surface area (Å²) >= 11 is -0.538. The van der Waals surface area contributed by atoms with Crippen LogP contribution in [0.3, 0.4) is 0 Å². The van der Waals surface area contributed by atoms with Gasteiger partial charge in [0.15, 0.2) is 0 Å². The van der Waals surface area contributed by atoms with Gasteiger partial charge in [-0.15, -0.1) is 0 Å². The van der Waals surface area contributed by atoms with Crippen LogP contribution in [-0.4, -0.2) is 12.1 Å². The number of halogens is 5. The maximum absolute atomic E-state index is 12.1. The van der Waals surface area contributed by atoms with Crippen LogP contribution < -0.4 is 16.0 Å². The van der Waals surface area contributed by atoms with Crippen LogP contribution in [0.25, 0.3) is 0 Å². The van der Waals surface area contributed by atoms with Gasteiger partial charge in [-0.2, -0.15) is 22.0 Å². The maximum atomic E-state index is 12.1. The van der Waals surface area contributed by atoms with Gasteiger partial charge in [0.25, 0.3) is 0 Å². The Hall–Kier alpha value is -1.22. The molecule has 0 bridgehead atoms. The van der Waals surface area contributed by atoms with Crippen molar-refractivity contribution in [2.75, 3.05) is 5.43 Å². The molecule has 0 unspecified atom stereocenters. The maximum Gasteiger partial charge on any atom is 0.446 e. The van der Waals surface area contributed by atoms with Crippen LogP contribution in [0, 0.1) is 0 Å². The van der Waals surface area contributed by atoms with E-state index in [2.05, 4.69) is 10.2 Å². The topological polar surface area (TPSA) is 47.3 Å². The highest BCUT2D eigenvalue weighted by atomic mass is 32.2. The van der Waals surface area contributed by atoms with Crippen molar-refractivity contribution in [2.24, 2.45) is 5.84 Å². The fourth-order valence-corrected chi connectivity index (χ4v) is 1.59. The molecule has 0 radical (unpaired) electrons. The SMILES string of the molecule is NNc1ccc(SC(F)(F)F)c(OC(F)F)c1. The number of rotatable bonds is 4. The number of benzene rings is 1. The van der Waals surface area contributed by atoms with Gasteiger partial charge in [0.1, 0.15) is 5.75 Å². The second kappa shape index (κ2) is 5.41. The predicted octanol–water partition coefficient (Wildman–Crippen LogP) is 3.19. The number of ether oxygens (including phenoxy) is 1. The summed E-state index contributed by atoms with van der Waals surface area (Å²) in [6, 6.07) is 3.16. The molecule has 0 aliphatic heterocycles. The Morgan fingerprint density at radius 2 is 1.94 bits per heavy atom. The highest BCUT2D eigenvalue weighted by molar-refractivity contribution is 8.00. The van der Waals surface area contributed by atoms with Crippen molar-refractivity contribution in [3.05, 3.63) is 18.2 Å². The molecule has 0 aromatic heterocycles. The van der Waals surface area contributed by atoms with E-state index in [4.69, 9.17) is 5.84 Å². The van der Waals surface area contributed by atoms with Crippen molar-refractivity contribution < 1.29 is 26.7 Å². The summed E-state index contributed by atoms with van der Waals surface area (Å²) in [5, 5.41) is 0. The molecule has 0 aliphatic carbocycles. The highest BCUT2D eigenvalue weighted by Gasteiger charge is 2.31. The van der Waals surface area contributed by atoms with E-state index >= 15 is 0 Å². The molecule has 0 aliphatic rings. The Labute approximate surface area is 97.1 Å². The summed E-state index contributed by atoms with van der Waals surface area (Å²) in [6.07, 6.45) is 0. The molecule has 0 amide bonds.